The van der Waals surface area contributed by atoms with E-state index in [2.05, 4.69) is 15.6 Å². The minimum Gasteiger partial charge on any atom is -0.493 e. The average molecular weight is 389 g/mol. The second kappa shape index (κ2) is 10.4. The van der Waals surface area contributed by atoms with Gasteiger partial charge in [0.05, 0.1) is 21.3 Å². The van der Waals surface area contributed by atoms with Gasteiger partial charge < -0.3 is 24.8 Å². The third-order valence-corrected chi connectivity index (χ3v) is 4.38. The fraction of sp³-hybridized carbons (Fsp3) is 0.381. The van der Waals surface area contributed by atoms with Crippen LogP contribution in [0.1, 0.15) is 16.7 Å². The summed E-state index contributed by atoms with van der Waals surface area (Å²) in [6, 6.07) is 8.88. The van der Waals surface area contributed by atoms with Gasteiger partial charge in [-0.05, 0) is 36.6 Å². The quantitative estimate of drug-likeness (QED) is 0.537. The van der Waals surface area contributed by atoms with Crippen LogP contribution >= 0.6 is 0 Å². The summed E-state index contributed by atoms with van der Waals surface area (Å²) < 4.78 is 29.6. The van der Waals surface area contributed by atoms with Crippen molar-refractivity contribution in [1.29, 1.82) is 0 Å². The molecule has 6 nitrogen and oxygen atoms in total. The van der Waals surface area contributed by atoms with Gasteiger partial charge in [-0.3, -0.25) is 4.99 Å². The Balaban J connectivity index is 1.94. The van der Waals surface area contributed by atoms with Crippen LogP contribution in [-0.4, -0.2) is 40.9 Å². The molecule has 0 radical (unpaired) electrons. The van der Waals surface area contributed by atoms with E-state index in [0.29, 0.717) is 48.3 Å². The van der Waals surface area contributed by atoms with Crippen molar-refractivity contribution in [3.8, 4) is 17.2 Å². The van der Waals surface area contributed by atoms with Crippen molar-refractivity contribution in [2.75, 3.05) is 34.9 Å². The number of methoxy groups -OCH3 is 3. The molecule has 0 saturated carbocycles. The van der Waals surface area contributed by atoms with Crippen LogP contribution in [0.25, 0.3) is 0 Å². The summed E-state index contributed by atoms with van der Waals surface area (Å²) >= 11 is 0. The Hall–Kier alpha value is -2.96. The number of ether oxygens (including phenoxy) is 3. The van der Waals surface area contributed by atoms with E-state index in [9.17, 15) is 4.39 Å². The van der Waals surface area contributed by atoms with Gasteiger partial charge in [-0.25, -0.2) is 4.39 Å². The van der Waals surface area contributed by atoms with Gasteiger partial charge in [0.1, 0.15) is 5.82 Å². The van der Waals surface area contributed by atoms with E-state index in [1.54, 1.807) is 41.4 Å². The van der Waals surface area contributed by atoms with Crippen molar-refractivity contribution >= 4 is 5.96 Å². The Morgan fingerprint density at radius 2 is 1.75 bits per heavy atom. The van der Waals surface area contributed by atoms with Crippen LogP contribution in [0.5, 0.6) is 17.2 Å². The number of nitrogens with one attached hydrogen (secondary N) is 2. The number of guanidine groups is 1. The molecular weight excluding hydrogens is 361 g/mol. The summed E-state index contributed by atoms with van der Waals surface area (Å²) in [4.78, 5) is 4.22. The Morgan fingerprint density at radius 1 is 1.00 bits per heavy atom. The predicted octanol–water partition coefficient (Wildman–Crippen LogP) is 3.07. The molecule has 2 N–H and O–H groups in total. The highest BCUT2D eigenvalue weighted by molar-refractivity contribution is 5.79. The topological polar surface area (TPSA) is 64.1 Å². The molecule has 0 fully saturated rings. The lowest BCUT2D eigenvalue weighted by Crippen LogP contribution is -2.37. The van der Waals surface area contributed by atoms with Gasteiger partial charge in [-0.1, -0.05) is 18.2 Å². The summed E-state index contributed by atoms with van der Waals surface area (Å²) in [5.74, 6) is 2.34. The summed E-state index contributed by atoms with van der Waals surface area (Å²) in [6.45, 7) is 2.96. The van der Waals surface area contributed by atoms with Crippen molar-refractivity contribution in [1.82, 2.24) is 10.6 Å². The highest BCUT2D eigenvalue weighted by atomic mass is 19.1. The van der Waals surface area contributed by atoms with E-state index in [1.165, 1.54) is 6.07 Å². The summed E-state index contributed by atoms with van der Waals surface area (Å²) in [7, 11) is 6.50. The van der Waals surface area contributed by atoms with E-state index < -0.39 is 0 Å². The largest absolute Gasteiger partial charge is 0.493 e. The molecule has 7 heteroatoms. The first-order valence-corrected chi connectivity index (χ1v) is 9.01. The fourth-order valence-electron chi connectivity index (χ4n) is 2.90. The lowest BCUT2D eigenvalue weighted by Gasteiger charge is -2.17. The Labute approximate surface area is 165 Å². The third kappa shape index (κ3) is 5.28. The molecule has 0 aliphatic heterocycles. The van der Waals surface area contributed by atoms with Gasteiger partial charge in [0.25, 0.3) is 0 Å². The number of halogens is 1. The van der Waals surface area contributed by atoms with Crippen molar-refractivity contribution in [3.05, 3.63) is 52.8 Å². The van der Waals surface area contributed by atoms with Gasteiger partial charge >= 0.3 is 0 Å². The number of rotatable bonds is 8. The molecule has 0 unspecified atom stereocenters. The molecule has 0 aliphatic rings. The molecule has 28 heavy (non-hydrogen) atoms. The van der Waals surface area contributed by atoms with E-state index in [-0.39, 0.29) is 5.82 Å². The predicted molar refractivity (Wildman–Crippen MR) is 109 cm³/mol. The van der Waals surface area contributed by atoms with Crippen LogP contribution < -0.4 is 24.8 Å². The highest BCUT2D eigenvalue weighted by Crippen LogP contribution is 2.39. The molecule has 2 aromatic carbocycles. The van der Waals surface area contributed by atoms with Gasteiger partial charge in [0.15, 0.2) is 17.5 Å². The first kappa shape index (κ1) is 21.3. The molecule has 0 atom stereocenters. The maximum atomic E-state index is 13.4. The lowest BCUT2D eigenvalue weighted by atomic mass is 10.1. The number of hydrogen-bond donors (Lipinski definition) is 2. The average Bonchev–Trinajstić information content (AvgIpc) is 2.72. The highest BCUT2D eigenvalue weighted by Gasteiger charge is 2.15. The van der Waals surface area contributed by atoms with Crippen molar-refractivity contribution in [3.63, 3.8) is 0 Å². The first-order valence-electron chi connectivity index (χ1n) is 9.01. The number of aryl methyl sites for hydroxylation is 1. The van der Waals surface area contributed by atoms with E-state index in [4.69, 9.17) is 14.2 Å². The van der Waals surface area contributed by atoms with E-state index >= 15 is 0 Å². The van der Waals surface area contributed by atoms with Crippen LogP contribution in [0.4, 0.5) is 4.39 Å². The summed E-state index contributed by atoms with van der Waals surface area (Å²) in [5.41, 5.74) is 2.61. The van der Waals surface area contributed by atoms with Crippen LogP contribution in [-0.2, 0) is 13.0 Å². The summed E-state index contributed by atoms with van der Waals surface area (Å²) in [6.07, 6.45) is 0.708. The standard InChI is InChI=1S/C21H28FN3O3/c1-14-12-15(6-8-17(14)22)13-25-21(23-2)24-11-10-16-7-9-18(26-3)20(28-5)19(16)27-4/h6-9,12H,10-11,13H2,1-5H3,(H2,23,24,25). The van der Waals surface area contributed by atoms with Gasteiger partial charge in [0, 0.05) is 25.7 Å². The third-order valence-electron chi connectivity index (χ3n) is 4.38. The molecular formula is C21H28FN3O3. The second-order valence-corrected chi connectivity index (χ2v) is 6.18. The molecule has 0 aromatic heterocycles. The molecule has 2 rings (SSSR count). The van der Waals surface area contributed by atoms with Crippen molar-refractivity contribution in [2.45, 2.75) is 19.9 Å². The first-order chi connectivity index (χ1) is 13.5. The molecule has 2 aromatic rings. The normalized spacial score (nSPS) is 11.1. The van der Waals surface area contributed by atoms with Crippen LogP contribution in [0, 0.1) is 12.7 Å². The molecule has 0 aliphatic carbocycles. The van der Waals surface area contributed by atoms with Crippen molar-refractivity contribution < 1.29 is 18.6 Å². The molecule has 0 spiro atoms. The van der Waals surface area contributed by atoms with Gasteiger partial charge in [-0.2, -0.15) is 0 Å². The molecule has 0 heterocycles. The SMILES string of the molecule is CN=C(NCCc1ccc(OC)c(OC)c1OC)NCc1ccc(F)c(C)c1. The van der Waals surface area contributed by atoms with Gasteiger partial charge in [-0.15, -0.1) is 0 Å². The summed E-state index contributed by atoms with van der Waals surface area (Å²) in [5, 5.41) is 6.50. The second-order valence-electron chi connectivity index (χ2n) is 6.18. The van der Waals surface area contributed by atoms with Crippen LogP contribution in [0.2, 0.25) is 0 Å². The minimum absolute atomic E-state index is 0.199. The minimum atomic E-state index is -0.199. The Bertz CT molecular complexity index is 825. The zero-order valence-corrected chi connectivity index (χ0v) is 17.1. The molecule has 0 amide bonds. The Morgan fingerprint density at radius 3 is 2.36 bits per heavy atom. The number of nitrogens with zero attached hydrogens (tertiary/aromatic N) is 1. The number of benzene rings is 2. The van der Waals surface area contributed by atoms with E-state index in [0.717, 1.165) is 11.1 Å². The van der Waals surface area contributed by atoms with E-state index in [1.807, 2.05) is 18.2 Å². The fourth-order valence-corrected chi connectivity index (χ4v) is 2.90. The molecule has 0 saturated heterocycles. The van der Waals surface area contributed by atoms with Crippen LogP contribution in [0.3, 0.4) is 0 Å². The van der Waals surface area contributed by atoms with Crippen molar-refractivity contribution in [2.24, 2.45) is 4.99 Å². The van der Waals surface area contributed by atoms with Gasteiger partial charge in [0.2, 0.25) is 5.75 Å². The maximum absolute atomic E-state index is 13.4. The lowest BCUT2D eigenvalue weighted by molar-refractivity contribution is 0.322. The zero-order chi connectivity index (χ0) is 20.5. The monoisotopic (exact) mass is 389 g/mol. The maximum Gasteiger partial charge on any atom is 0.203 e. The Kier molecular flexibility index (Phi) is 7.92. The number of hydrogen-bond acceptors (Lipinski definition) is 4. The van der Waals surface area contributed by atoms with Crippen LogP contribution in [0.15, 0.2) is 35.3 Å². The molecule has 152 valence electrons. The smallest absolute Gasteiger partial charge is 0.203 e. The zero-order valence-electron chi connectivity index (χ0n) is 17.1. The molecule has 0 bridgehead atoms. The number of aliphatic imine (C=N–C) groups is 1.